The maximum Gasteiger partial charge on any atom is 0.0595 e. The van der Waals surface area contributed by atoms with Crippen LogP contribution in [0, 0.1) is 0 Å². The van der Waals surface area contributed by atoms with Gasteiger partial charge in [-0.3, -0.25) is 0 Å². The normalized spacial score (nSPS) is 14.1. The van der Waals surface area contributed by atoms with Gasteiger partial charge in [0.2, 0.25) is 0 Å². The Morgan fingerprint density at radius 3 is 2.53 bits per heavy atom. The van der Waals surface area contributed by atoms with Crippen molar-refractivity contribution >= 4 is 23.2 Å². The van der Waals surface area contributed by atoms with Crippen molar-refractivity contribution in [2.75, 3.05) is 13.2 Å². The van der Waals surface area contributed by atoms with Crippen LogP contribution in [0.15, 0.2) is 30.9 Å². The summed E-state index contributed by atoms with van der Waals surface area (Å²) in [7, 11) is 0. The van der Waals surface area contributed by atoms with Gasteiger partial charge in [0, 0.05) is 18.6 Å². The first-order valence-corrected chi connectivity index (χ1v) is 7.22. The molecule has 0 aliphatic heterocycles. The van der Waals surface area contributed by atoms with Gasteiger partial charge in [0.15, 0.2) is 0 Å². The zero-order valence-electron chi connectivity index (χ0n) is 11.0. The van der Waals surface area contributed by atoms with Gasteiger partial charge in [-0.15, -0.1) is 6.58 Å². The zero-order valence-corrected chi connectivity index (χ0v) is 12.6. The number of aliphatic hydroxyl groups excluding tert-OH is 1. The van der Waals surface area contributed by atoms with Crippen molar-refractivity contribution in [3.05, 3.63) is 46.5 Å². The second-order valence-electron chi connectivity index (χ2n) is 4.77. The number of hydrogen-bond donors (Lipinski definition) is 2. The van der Waals surface area contributed by atoms with E-state index in [0.29, 0.717) is 23.0 Å². The van der Waals surface area contributed by atoms with Gasteiger partial charge in [0.1, 0.15) is 0 Å². The van der Waals surface area contributed by atoms with Crippen molar-refractivity contribution in [1.29, 1.82) is 0 Å². The standard InChI is InChI=1S/C15H21Cl2NO/c1-2-3-7-15(11-18,8-4-9-19)12-5-6-13(16)14(17)10-12/h2,5-6,10,19H,1,3-4,7-9,11,18H2. The van der Waals surface area contributed by atoms with Gasteiger partial charge in [-0.2, -0.15) is 0 Å². The molecular weight excluding hydrogens is 281 g/mol. The van der Waals surface area contributed by atoms with E-state index in [-0.39, 0.29) is 12.0 Å². The van der Waals surface area contributed by atoms with Crippen LogP contribution in [0.5, 0.6) is 0 Å². The van der Waals surface area contributed by atoms with Crippen LogP contribution in [0.4, 0.5) is 0 Å². The van der Waals surface area contributed by atoms with Gasteiger partial charge in [-0.05, 0) is 43.4 Å². The summed E-state index contributed by atoms with van der Waals surface area (Å²) >= 11 is 12.1. The molecule has 0 heterocycles. The van der Waals surface area contributed by atoms with Crippen molar-refractivity contribution < 1.29 is 5.11 Å². The molecule has 1 aromatic carbocycles. The molecule has 3 N–H and O–H groups in total. The van der Waals surface area contributed by atoms with Crippen LogP contribution in [-0.4, -0.2) is 18.3 Å². The number of allylic oxidation sites excluding steroid dienone is 1. The Balaban J connectivity index is 3.10. The number of aliphatic hydroxyl groups is 1. The lowest BCUT2D eigenvalue weighted by Crippen LogP contribution is -2.35. The quantitative estimate of drug-likeness (QED) is 0.715. The Labute approximate surface area is 125 Å². The smallest absolute Gasteiger partial charge is 0.0595 e. The van der Waals surface area contributed by atoms with Gasteiger partial charge in [0.05, 0.1) is 10.0 Å². The highest BCUT2D eigenvalue weighted by Gasteiger charge is 2.30. The fraction of sp³-hybridized carbons (Fsp3) is 0.467. The zero-order chi connectivity index (χ0) is 14.3. The molecule has 0 aromatic heterocycles. The van der Waals surface area contributed by atoms with Crippen LogP contribution in [-0.2, 0) is 5.41 Å². The van der Waals surface area contributed by atoms with E-state index in [1.54, 1.807) is 6.07 Å². The summed E-state index contributed by atoms with van der Waals surface area (Å²) in [6, 6.07) is 5.66. The molecule has 0 aliphatic rings. The van der Waals surface area contributed by atoms with E-state index in [0.717, 1.165) is 24.8 Å². The van der Waals surface area contributed by atoms with Crippen molar-refractivity contribution in [2.45, 2.75) is 31.1 Å². The Kier molecular flexibility index (Phi) is 6.87. The lowest BCUT2D eigenvalue weighted by atomic mass is 9.73. The average Bonchev–Trinajstić information content (AvgIpc) is 2.43. The fourth-order valence-electron chi connectivity index (χ4n) is 2.36. The monoisotopic (exact) mass is 301 g/mol. The molecule has 1 rings (SSSR count). The molecule has 2 nitrogen and oxygen atoms in total. The minimum absolute atomic E-state index is 0.164. The average molecular weight is 302 g/mol. The number of nitrogens with two attached hydrogens (primary N) is 1. The minimum atomic E-state index is -0.175. The molecule has 4 heteroatoms. The third-order valence-electron chi connectivity index (χ3n) is 3.56. The highest BCUT2D eigenvalue weighted by atomic mass is 35.5. The molecule has 0 bridgehead atoms. The summed E-state index contributed by atoms with van der Waals surface area (Å²) in [5.41, 5.74) is 6.93. The molecule has 0 fully saturated rings. The van der Waals surface area contributed by atoms with Crippen LogP contribution < -0.4 is 5.73 Å². The van der Waals surface area contributed by atoms with Crippen molar-refractivity contribution in [3.63, 3.8) is 0 Å². The first-order valence-electron chi connectivity index (χ1n) is 6.47. The van der Waals surface area contributed by atoms with E-state index in [1.165, 1.54) is 0 Å². The number of rotatable bonds is 8. The van der Waals surface area contributed by atoms with E-state index in [9.17, 15) is 0 Å². The van der Waals surface area contributed by atoms with Crippen molar-refractivity contribution in [1.82, 2.24) is 0 Å². The third-order valence-corrected chi connectivity index (χ3v) is 4.30. The summed E-state index contributed by atoms with van der Waals surface area (Å²) in [4.78, 5) is 0. The van der Waals surface area contributed by atoms with Crippen LogP contribution in [0.25, 0.3) is 0 Å². The molecule has 1 unspecified atom stereocenters. The Bertz CT molecular complexity index is 423. The molecule has 1 aromatic rings. The van der Waals surface area contributed by atoms with Crippen LogP contribution in [0.3, 0.4) is 0 Å². The molecular formula is C15H21Cl2NO. The van der Waals surface area contributed by atoms with Crippen LogP contribution in [0.1, 0.15) is 31.2 Å². The molecule has 0 amide bonds. The molecule has 0 saturated carbocycles. The molecule has 1 atom stereocenters. The summed E-state index contributed by atoms with van der Waals surface area (Å²) in [6.45, 7) is 4.44. The van der Waals surface area contributed by atoms with E-state index < -0.39 is 0 Å². The predicted octanol–water partition coefficient (Wildman–Crippen LogP) is 3.93. The number of halogens is 2. The molecule has 106 valence electrons. The lowest BCUT2D eigenvalue weighted by molar-refractivity contribution is 0.256. The molecule has 0 spiro atoms. The van der Waals surface area contributed by atoms with E-state index in [2.05, 4.69) is 6.58 Å². The summed E-state index contributed by atoms with van der Waals surface area (Å²) < 4.78 is 0. The molecule has 0 aliphatic carbocycles. The van der Waals surface area contributed by atoms with Crippen molar-refractivity contribution in [2.24, 2.45) is 5.73 Å². The number of hydrogen-bond acceptors (Lipinski definition) is 2. The topological polar surface area (TPSA) is 46.2 Å². The summed E-state index contributed by atoms with van der Waals surface area (Å²) in [5.74, 6) is 0. The van der Waals surface area contributed by atoms with E-state index >= 15 is 0 Å². The first-order chi connectivity index (χ1) is 9.09. The Morgan fingerprint density at radius 1 is 1.26 bits per heavy atom. The van der Waals surface area contributed by atoms with Gasteiger partial charge >= 0.3 is 0 Å². The van der Waals surface area contributed by atoms with Crippen LogP contribution >= 0.6 is 23.2 Å². The first kappa shape index (κ1) is 16.5. The maximum atomic E-state index is 9.09. The molecule has 0 radical (unpaired) electrons. The molecule has 19 heavy (non-hydrogen) atoms. The minimum Gasteiger partial charge on any atom is -0.396 e. The lowest BCUT2D eigenvalue weighted by Gasteiger charge is -2.33. The fourth-order valence-corrected chi connectivity index (χ4v) is 2.66. The summed E-state index contributed by atoms with van der Waals surface area (Å²) in [6.07, 6.45) is 5.20. The van der Waals surface area contributed by atoms with Crippen LogP contribution in [0.2, 0.25) is 10.0 Å². The Morgan fingerprint density at radius 2 is 2.00 bits per heavy atom. The molecule has 0 saturated heterocycles. The third kappa shape index (κ3) is 4.22. The highest BCUT2D eigenvalue weighted by Crippen LogP contribution is 2.36. The largest absolute Gasteiger partial charge is 0.396 e. The summed E-state index contributed by atoms with van der Waals surface area (Å²) in [5, 5.41) is 10.2. The van der Waals surface area contributed by atoms with Crippen molar-refractivity contribution in [3.8, 4) is 0 Å². The van der Waals surface area contributed by atoms with Gasteiger partial charge in [-0.1, -0.05) is 35.3 Å². The van der Waals surface area contributed by atoms with Gasteiger partial charge in [-0.25, -0.2) is 0 Å². The van der Waals surface area contributed by atoms with Gasteiger partial charge < -0.3 is 10.8 Å². The van der Waals surface area contributed by atoms with E-state index in [1.807, 2.05) is 18.2 Å². The van der Waals surface area contributed by atoms with E-state index in [4.69, 9.17) is 34.0 Å². The Hall–Kier alpha value is -0.540. The number of benzene rings is 1. The SMILES string of the molecule is C=CCCC(CN)(CCCO)c1ccc(Cl)c(Cl)c1. The predicted molar refractivity (Wildman–Crippen MR) is 82.9 cm³/mol. The second-order valence-corrected chi connectivity index (χ2v) is 5.58. The van der Waals surface area contributed by atoms with Gasteiger partial charge in [0.25, 0.3) is 0 Å². The highest BCUT2D eigenvalue weighted by molar-refractivity contribution is 6.42. The second kappa shape index (κ2) is 7.91. The maximum absolute atomic E-state index is 9.09.